The number of aliphatic hydroxyl groups excluding tert-OH is 1. The maximum Gasteiger partial charge on any atom is 0.330 e. The van der Waals surface area contributed by atoms with E-state index in [1.807, 2.05) is 0 Å². The van der Waals surface area contributed by atoms with Crippen LogP contribution < -0.4 is 22.3 Å². The molecular formula is C15H19N7O5. The lowest BCUT2D eigenvalue weighted by Crippen LogP contribution is -2.30. The molecular weight excluding hydrogens is 358 g/mol. The van der Waals surface area contributed by atoms with Crippen LogP contribution >= 0.6 is 0 Å². The maximum absolute atomic E-state index is 12.7. The third kappa shape index (κ3) is 3.61. The molecule has 0 aliphatic rings. The molecule has 0 spiro atoms. The second-order valence-corrected chi connectivity index (χ2v) is 5.46. The molecule has 0 radical (unpaired) electrons. The topological polar surface area (TPSA) is 162 Å². The average Bonchev–Trinajstić information content (AvgIpc) is 3.27. The molecule has 5 N–H and O–H groups in total. The Hall–Kier alpha value is -3.38. The molecule has 0 aliphatic carbocycles. The molecule has 27 heavy (non-hydrogen) atoms. The fourth-order valence-electron chi connectivity index (χ4n) is 2.59. The molecule has 0 fully saturated rings. The Bertz CT molecular complexity index is 992. The minimum atomic E-state index is -0.536. The van der Waals surface area contributed by atoms with Crippen LogP contribution in [0.25, 0.3) is 11.2 Å². The summed E-state index contributed by atoms with van der Waals surface area (Å²) in [6.45, 7) is 0.258. The summed E-state index contributed by atoms with van der Waals surface area (Å²) in [5, 5.41) is 9.26. The zero-order chi connectivity index (χ0) is 19.4. The molecule has 0 saturated heterocycles. The second-order valence-electron chi connectivity index (χ2n) is 5.46. The quantitative estimate of drug-likeness (QED) is 0.367. The minimum Gasteiger partial charge on any atom is -0.459 e. The SMILES string of the molecule is COCCn1c(=O)n(CCO)c2nc(N)nc(NNC(=O)c3ccco3)c21. The summed E-state index contributed by atoms with van der Waals surface area (Å²) in [6, 6.07) is 3.07. The van der Waals surface area contributed by atoms with Crippen LogP contribution in [-0.4, -0.2) is 50.4 Å². The number of aliphatic hydroxyl groups is 1. The molecule has 0 bridgehead atoms. The first kappa shape index (κ1) is 18.4. The van der Waals surface area contributed by atoms with Crippen molar-refractivity contribution < 1.29 is 19.1 Å². The summed E-state index contributed by atoms with van der Waals surface area (Å²) < 4.78 is 12.7. The second kappa shape index (κ2) is 7.88. The summed E-state index contributed by atoms with van der Waals surface area (Å²) in [4.78, 5) is 32.9. The fraction of sp³-hybridized carbons (Fsp3) is 0.333. The van der Waals surface area contributed by atoms with E-state index in [-0.39, 0.29) is 49.5 Å². The van der Waals surface area contributed by atoms with Gasteiger partial charge in [-0.2, -0.15) is 9.97 Å². The standard InChI is InChI=1S/C15H19N7O5/c1-26-8-5-21-10-11(19-20-13(24)9-3-2-7-27-9)17-14(16)18-12(10)22(4-6-23)15(21)25/h2-3,7,23H,4-6,8H2,1H3,(H,20,24)(H3,16,17,18,19). The molecule has 0 aliphatic heterocycles. The number of imidazole rings is 1. The number of nitrogens with one attached hydrogen (secondary N) is 2. The molecule has 3 heterocycles. The van der Waals surface area contributed by atoms with E-state index in [1.54, 1.807) is 6.07 Å². The molecule has 0 aromatic carbocycles. The highest BCUT2D eigenvalue weighted by molar-refractivity contribution is 5.93. The number of hydrogen-bond acceptors (Lipinski definition) is 9. The Labute approximate surface area is 152 Å². The van der Waals surface area contributed by atoms with Crippen molar-refractivity contribution in [1.82, 2.24) is 24.5 Å². The molecule has 0 saturated carbocycles. The van der Waals surface area contributed by atoms with Gasteiger partial charge < -0.3 is 20.0 Å². The third-order valence-electron chi connectivity index (χ3n) is 3.75. The lowest BCUT2D eigenvalue weighted by atomic mass is 10.4. The first-order valence-electron chi connectivity index (χ1n) is 8.03. The van der Waals surface area contributed by atoms with Gasteiger partial charge >= 0.3 is 11.6 Å². The predicted molar refractivity (Wildman–Crippen MR) is 95.0 cm³/mol. The fourth-order valence-corrected chi connectivity index (χ4v) is 2.59. The number of nitrogens with two attached hydrogens (primary N) is 1. The van der Waals surface area contributed by atoms with E-state index in [2.05, 4.69) is 20.8 Å². The molecule has 0 atom stereocenters. The van der Waals surface area contributed by atoms with Crippen LogP contribution in [0.2, 0.25) is 0 Å². The zero-order valence-electron chi connectivity index (χ0n) is 14.5. The van der Waals surface area contributed by atoms with Crippen LogP contribution in [0.15, 0.2) is 27.6 Å². The van der Waals surface area contributed by atoms with Crippen molar-refractivity contribution >= 4 is 28.8 Å². The monoisotopic (exact) mass is 377 g/mol. The third-order valence-corrected chi connectivity index (χ3v) is 3.75. The number of amides is 1. The van der Waals surface area contributed by atoms with Gasteiger partial charge in [0, 0.05) is 7.11 Å². The zero-order valence-corrected chi connectivity index (χ0v) is 14.5. The first-order valence-corrected chi connectivity index (χ1v) is 8.03. The van der Waals surface area contributed by atoms with Crippen LogP contribution in [0, 0.1) is 0 Å². The van der Waals surface area contributed by atoms with E-state index in [1.165, 1.54) is 28.6 Å². The lowest BCUT2D eigenvalue weighted by molar-refractivity contribution is 0.0935. The lowest BCUT2D eigenvalue weighted by Gasteiger charge is -2.10. The van der Waals surface area contributed by atoms with Gasteiger partial charge in [-0.25, -0.2) is 4.79 Å². The Kier molecular flexibility index (Phi) is 5.38. The largest absolute Gasteiger partial charge is 0.459 e. The van der Waals surface area contributed by atoms with Crippen LogP contribution in [0.1, 0.15) is 10.6 Å². The number of rotatable bonds is 8. The van der Waals surface area contributed by atoms with Gasteiger partial charge in [0.1, 0.15) is 5.52 Å². The molecule has 144 valence electrons. The Morgan fingerprint density at radius 3 is 2.85 bits per heavy atom. The van der Waals surface area contributed by atoms with Gasteiger partial charge in [-0.15, -0.1) is 0 Å². The number of hydrogen-bond donors (Lipinski definition) is 4. The average molecular weight is 377 g/mol. The van der Waals surface area contributed by atoms with E-state index in [0.717, 1.165) is 0 Å². The Morgan fingerprint density at radius 2 is 2.19 bits per heavy atom. The molecule has 12 nitrogen and oxygen atoms in total. The number of anilines is 2. The first-order chi connectivity index (χ1) is 13.1. The number of hydrazine groups is 1. The van der Waals surface area contributed by atoms with Crippen LogP contribution in [0.4, 0.5) is 11.8 Å². The van der Waals surface area contributed by atoms with Crippen molar-refractivity contribution in [2.75, 3.05) is 31.5 Å². The highest BCUT2D eigenvalue weighted by atomic mass is 16.5. The normalized spacial score (nSPS) is 11.0. The number of carbonyl (C=O) groups excluding carboxylic acids is 1. The molecule has 1 amide bonds. The van der Waals surface area contributed by atoms with Gasteiger partial charge in [-0.3, -0.25) is 24.8 Å². The van der Waals surface area contributed by atoms with Crippen LogP contribution in [-0.2, 0) is 17.8 Å². The number of nitrogens with zero attached hydrogens (tertiary/aromatic N) is 4. The summed E-state index contributed by atoms with van der Waals surface area (Å²) in [5.74, 6) is -0.420. The number of methoxy groups -OCH3 is 1. The highest BCUT2D eigenvalue weighted by Gasteiger charge is 2.20. The smallest absolute Gasteiger partial charge is 0.330 e. The Balaban J connectivity index is 2.04. The molecule has 3 aromatic heterocycles. The van der Waals surface area contributed by atoms with Gasteiger partial charge in [0.05, 0.1) is 32.6 Å². The maximum atomic E-state index is 12.7. The number of ether oxygens (including phenoxy) is 1. The number of nitrogen functional groups attached to an aromatic ring is 1. The van der Waals surface area contributed by atoms with Gasteiger partial charge in [-0.05, 0) is 12.1 Å². The van der Waals surface area contributed by atoms with Gasteiger partial charge in [0.25, 0.3) is 0 Å². The van der Waals surface area contributed by atoms with E-state index in [0.29, 0.717) is 5.52 Å². The summed E-state index contributed by atoms with van der Waals surface area (Å²) >= 11 is 0. The van der Waals surface area contributed by atoms with E-state index in [4.69, 9.17) is 14.9 Å². The predicted octanol–water partition coefficient (Wildman–Crippen LogP) is -0.836. The summed E-state index contributed by atoms with van der Waals surface area (Å²) in [6.07, 6.45) is 1.37. The van der Waals surface area contributed by atoms with E-state index >= 15 is 0 Å². The van der Waals surface area contributed by atoms with Gasteiger partial charge in [0.2, 0.25) is 5.95 Å². The van der Waals surface area contributed by atoms with Crippen LogP contribution in [0.3, 0.4) is 0 Å². The minimum absolute atomic E-state index is 0.0317. The van der Waals surface area contributed by atoms with E-state index < -0.39 is 11.6 Å². The summed E-state index contributed by atoms with van der Waals surface area (Å²) in [5.41, 5.74) is 11.0. The van der Waals surface area contributed by atoms with Crippen molar-refractivity contribution in [2.45, 2.75) is 13.1 Å². The van der Waals surface area contributed by atoms with Crippen molar-refractivity contribution in [3.8, 4) is 0 Å². The molecule has 3 rings (SSSR count). The van der Waals surface area contributed by atoms with Crippen LogP contribution in [0.5, 0.6) is 0 Å². The Morgan fingerprint density at radius 1 is 1.37 bits per heavy atom. The highest BCUT2D eigenvalue weighted by Crippen LogP contribution is 2.20. The van der Waals surface area contributed by atoms with Crippen molar-refractivity contribution in [1.29, 1.82) is 0 Å². The summed E-state index contributed by atoms with van der Waals surface area (Å²) in [7, 11) is 1.51. The number of furan rings is 1. The molecule has 12 heteroatoms. The van der Waals surface area contributed by atoms with Crippen molar-refractivity contribution in [3.63, 3.8) is 0 Å². The van der Waals surface area contributed by atoms with E-state index in [9.17, 15) is 14.7 Å². The number of aromatic nitrogens is 4. The molecule has 3 aromatic rings. The number of carbonyl (C=O) groups is 1. The van der Waals surface area contributed by atoms with Gasteiger partial charge in [0.15, 0.2) is 17.2 Å². The number of fused-ring (bicyclic) bond motifs is 1. The van der Waals surface area contributed by atoms with Crippen molar-refractivity contribution in [2.24, 2.45) is 0 Å². The van der Waals surface area contributed by atoms with Crippen molar-refractivity contribution in [3.05, 3.63) is 34.6 Å². The van der Waals surface area contributed by atoms with Gasteiger partial charge in [-0.1, -0.05) is 0 Å². The molecule has 0 unspecified atom stereocenters.